The van der Waals surface area contributed by atoms with E-state index in [1.54, 1.807) is 0 Å². The Balaban J connectivity index is 1.92. The normalized spacial score (nSPS) is 43.9. The summed E-state index contributed by atoms with van der Waals surface area (Å²) in [5.41, 5.74) is 0. The lowest BCUT2D eigenvalue weighted by Crippen LogP contribution is -2.20. The van der Waals surface area contributed by atoms with E-state index in [9.17, 15) is 0 Å². The molecule has 1 aliphatic heterocycles. The van der Waals surface area contributed by atoms with Crippen LogP contribution in [-0.2, 0) is 4.74 Å². The number of hydrogen-bond donors (Lipinski definition) is 0. The average molecular weight is 219 g/mol. The van der Waals surface area contributed by atoms with E-state index in [2.05, 4.69) is 15.9 Å². The standard InChI is InChI=1S/C9H15BrO/c10-6-8-5-7-3-1-2-4-9(7)11-8/h7-9H,1-6H2/t7-,8+,9+/m1/s1. The molecular weight excluding hydrogens is 204 g/mol. The molecule has 3 atom stereocenters. The summed E-state index contributed by atoms with van der Waals surface area (Å²) in [5, 5.41) is 1.03. The van der Waals surface area contributed by atoms with Crippen molar-refractivity contribution in [3.05, 3.63) is 0 Å². The number of hydrogen-bond acceptors (Lipinski definition) is 1. The van der Waals surface area contributed by atoms with E-state index in [0.717, 1.165) is 11.2 Å². The Bertz CT molecular complexity index is 124. The maximum Gasteiger partial charge on any atom is 0.0679 e. The van der Waals surface area contributed by atoms with Gasteiger partial charge >= 0.3 is 0 Å². The van der Waals surface area contributed by atoms with Crippen molar-refractivity contribution in [1.82, 2.24) is 0 Å². The summed E-state index contributed by atoms with van der Waals surface area (Å²) in [7, 11) is 0. The van der Waals surface area contributed by atoms with Gasteiger partial charge < -0.3 is 4.74 Å². The zero-order valence-electron chi connectivity index (χ0n) is 6.76. The highest BCUT2D eigenvalue weighted by molar-refractivity contribution is 9.09. The van der Waals surface area contributed by atoms with Gasteiger partial charge in [-0.3, -0.25) is 0 Å². The largest absolute Gasteiger partial charge is 0.374 e. The topological polar surface area (TPSA) is 9.23 Å². The fourth-order valence-electron chi connectivity index (χ4n) is 2.36. The van der Waals surface area contributed by atoms with Crippen molar-refractivity contribution in [2.45, 2.75) is 44.3 Å². The van der Waals surface area contributed by atoms with Gasteiger partial charge in [-0.05, 0) is 25.2 Å². The van der Waals surface area contributed by atoms with Crippen LogP contribution in [0.25, 0.3) is 0 Å². The average Bonchev–Trinajstić information content (AvgIpc) is 2.46. The first kappa shape index (κ1) is 8.06. The molecule has 0 amide bonds. The predicted octanol–water partition coefficient (Wildman–Crippen LogP) is 2.73. The van der Waals surface area contributed by atoms with Gasteiger partial charge in [-0.15, -0.1) is 0 Å². The van der Waals surface area contributed by atoms with Gasteiger partial charge in [-0.2, -0.15) is 0 Å². The van der Waals surface area contributed by atoms with E-state index in [-0.39, 0.29) is 0 Å². The molecule has 0 N–H and O–H groups in total. The molecule has 2 aliphatic rings. The second-order valence-corrected chi connectivity index (χ2v) is 4.38. The van der Waals surface area contributed by atoms with Crippen molar-refractivity contribution in [2.75, 3.05) is 5.33 Å². The van der Waals surface area contributed by atoms with Gasteiger partial charge in [-0.1, -0.05) is 28.8 Å². The zero-order chi connectivity index (χ0) is 7.68. The maximum atomic E-state index is 5.87. The minimum Gasteiger partial charge on any atom is -0.374 e. The van der Waals surface area contributed by atoms with E-state index in [0.29, 0.717) is 12.2 Å². The van der Waals surface area contributed by atoms with Crippen LogP contribution in [0.1, 0.15) is 32.1 Å². The third-order valence-electron chi connectivity index (χ3n) is 2.94. The molecule has 0 aromatic heterocycles. The fraction of sp³-hybridized carbons (Fsp3) is 1.00. The summed E-state index contributed by atoms with van der Waals surface area (Å²) in [6, 6.07) is 0. The molecule has 1 saturated carbocycles. The summed E-state index contributed by atoms with van der Waals surface area (Å²) in [6.07, 6.45) is 7.97. The Hall–Kier alpha value is 0.440. The molecule has 11 heavy (non-hydrogen) atoms. The number of alkyl halides is 1. The van der Waals surface area contributed by atoms with Crippen LogP contribution >= 0.6 is 15.9 Å². The van der Waals surface area contributed by atoms with Gasteiger partial charge in [0, 0.05) is 5.33 Å². The molecule has 2 fully saturated rings. The molecule has 2 heteroatoms. The first-order valence-corrected chi connectivity index (χ1v) is 5.73. The van der Waals surface area contributed by atoms with Crippen LogP contribution < -0.4 is 0 Å². The van der Waals surface area contributed by atoms with E-state index in [1.807, 2.05) is 0 Å². The van der Waals surface area contributed by atoms with E-state index < -0.39 is 0 Å². The first-order valence-electron chi connectivity index (χ1n) is 4.61. The minimum absolute atomic E-state index is 0.517. The van der Waals surface area contributed by atoms with Crippen molar-refractivity contribution in [2.24, 2.45) is 5.92 Å². The molecule has 0 radical (unpaired) electrons. The van der Waals surface area contributed by atoms with Crippen LogP contribution in [0.2, 0.25) is 0 Å². The molecule has 64 valence electrons. The Labute approximate surface area is 76.6 Å². The highest BCUT2D eigenvalue weighted by Gasteiger charge is 2.35. The quantitative estimate of drug-likeness (QED) is 0.616. The summed E-state index contributed by atoms with van der Waals surface area (Å²) in [4.78, 5) is 0. The van der Waals surface area contributed by atoms with Crippen molar-refractivity contribution >= 4 is 15.9 Å². The van der Waals surface area contributed by atoms with Gasteiger partial charge in [-0.25, -0.2) is 0 Å². The maximum absolute atomic E-state index is 5.87. The second kappa shape index (κ2) is 3.44. The van der Waals surface area contributed by atoms with Gasteiger partial charge in [0.25, 0.3) is 0 Å². The highest BCUT2D eigenvalue weighted by atomic mass is 79.9. The molecule has 1 aliphatic carbocycles. The molecule has 1 nitrogen and oxygen atoms in total. The predicted molar refractivity (Wildman–Crippen MR) is 49.0 cm³/mol. The molecule has 2 rings (SSSR count). The van der Waals surface area contributed by atoms with E-state index in [4.69, 9.17) is 4.74 Å². The Kier molecular flexibility index (Phi) is 2.52. The number of ether oxygens (including phenoxy) is 1. The van der Waals surface area contributed by atoms with Crippen LogP contribution in [0, 0.1) is 5.92 Å². The summed E-state index contributed by atoms with van der Waals surface area (Å²) in [6.45, 7) is 0. The van der Waals surface area contributed by atoms with Crippen LogP contribution in [0.4, 0.5) is 0 Å². The van der Waals surface area contributed by atoms with Gasteiger partial charge in [0.15, 0.2) is 0 Å². The van der Waals surface area contributed by atoms with Crippen molar-refractivity contribution in [3.63, 3.8) is 0 Å². The molecule has 0 aromatic carbocycles. The molecule has 0 bridgehead atoms. The van der Waals surface area contributed by atoms with Crippen molar-refractivity contribution in [1.29, 1.82) is 0 Å². The SMILES string of the molecule is BrC[C@@H]1C[C@H]2CCCC[C@@H]2O1. The second-order valence-electron chi connectivity index (χ2n) is 3.73. The monoisotopic (exact) mass is 218 g/mol. The lowest BCUT2D eigenvalue weighted by molar-refractivity contribution is 0.0296. The number of halogens is 1. The van der Waals surface area contributed by atoms with Crippen LogP contribution in [0.15, 0.2) is 0 Å². The van der Waals surface area contributed by atoms with E-state index >= 15 is 0 Å². The summed E-state index contributed by atoms with van der Waals surface area (Å²) < 4.78 is 5.87. The molecule has 0 spiro atoms. The van der Waals surface area contributed by atoms with Crippen molar-refractivity contribution in [3.8, 4) is 0 Å². The molecule has 1 saturated heterocycles. The molecular formula is C9H15BrO. The van der Waals surface area contributed by atoms with Crippen molar-refractivity contribution < 1.29 is 4.74 Å². The minimum atomic E-state index is 0.517. The molecule has 0 aromatic rings. The summed E-state index contributed by atoms with van der Waals surface area (Å²) in [5.74, 6) is 0.895. The van der Waals surface area contributed by atoms with Crippen LogP contribution in [0.5, 0.6) is 0 Å². The fourth-order valence-corrected chi connectivity index (χ4v) is 2.78. The molecule has 0 unspecified atom stereocenters. The number of fused-ring (bicyclic) bond motifs is 1. The zero-order valence-corrected chi connectivity index (χ0v) is 8.35. The van der Waals surface area contributed by atoms with E-state index in [1.165, 1.54) is 32.1 Å². The third kappa shape index (κ3) is 1.62. The van der Waals surface area contributed by atoms with Gasteiger partial charge in [0.1, 0.15) is 0 Å². The lowest BCUT2D eigenvalue weighted by atomic mass is 9.86. The molecule has 1 heterocycles. The van der Waals surface area contributed by atoms with Gasteiger partial charge in [0.2, 0.25) is 0 Å². The van der Waals surface area contributed by atoms with Crippen LogP contribution in [0.3, 0.4) is 0 Å². The first-order chi connectivity index (χ1) is 5.40. The Morgan fingerprint density at radius 1 is 1.27 bits per heavy atom. The Morgan fingerprint density at radius 3 is 2.82 bits per heavy atom. The summed E-state index contributed by atoms with van der Waals surface area (Å²) >= 11 is 3.48. The lowest BCUT2D eigenvalue weighted by Gasteiger charge is -2.23. The van der Waals surface area contributed by atoms with Gasteiger partial charge in [0.05, 0.1) is 12.2 Å². The Morgan fingerprint density at radius 2 is 2.09 bits per heavy atom. The third-order valence-corrected chi connectivity index (χ3v) is 3.67. The number of rotatable bonds is 1. The smallest absolute Gasteiger partial charge is 0.0679 e. The van der Waals surface area contributed by atoms with Crippen LogP contribution in [-0.4, -0.2) is 17.5 Å². The highest BCUT2D eigenvalue weighted by Crippen LogP contribution is 2.37.